The molecule has 1 rings (SSSR count). The highest BCUT2D eigenvalue weighted by Crippen LogP contribution is 2.42. The number of allylic oxidation sites excluding steroid dienone is 2. The number of carboxylic acid groups (broad SMARTS) is 2. The van der Waals surface area contributed by atoms with E-state index in [9.17, 15) is 9.59 Å². The normalized spacial score (nSPS) is 32.1. The van der Waals surface area contributed by atoms with Crippen molar-refractivity contribution in [2.45, 2.75) is 19.8 Å². The first-order valence-electron chi connectivity index (χ1n) is 4.18. The lowest BCUT2D eigenvalue weighted by atomic mass is 9.70. The highest BCUT2D eigenvalue weighted by Gasteiger charge is 2.47. The van der Waals surface area contributed by atoms with Crippen molar-refractivity contribution < 1.29 is 19.8 Å². The summed E-state index contributed by atoms with van der Waals surface area (Å²) < 4.78 is 0. The molecule has 0 saturated carbocycles. The highest BCUT2D eigenvalue weighted by atomic mass is 35.5. The molecule has 5 heteroatoms. The predicted octanol–water partition coefficient (Wildman–Crippen LogP) is 1.69. The Kier molecular flexibility index (Phi) is 2.85. The molecule has 14 heavy (non-hydrogen) atoms. The van der Waals surface area contributed by atoms with Gasteiger partial charge in [0.1, 0.15) is 0 Å². The minimum atomic E-state index is -1.29. The SMILES string of the molecule is C[C@]1(C(=O)O)CC(Cl)=CC[C@@H]1C(=O)O. The molecular weight excluding hydrogens is 208 g/mol. The molecule has 78 valence electrons. The summed E-state index contributed by atoms with van der Waals surface area (Å²) in [6, 6.07) is 0. The van der Waals surface area contributed by atoms with Crippen molar-refractivity contribution in [3.05, 3.63) is 11.1 Å². The fourth-order valence-corrected chi connectivity index (χ4v) is 2.02. The van der Waals surface area contributed by atoms with E-state index in [0.29, 0.717) is 5.03 Å². The zero-order valence-corrected chi connectivity index (χ0v) is 8.41. The number of hydrogen-bond donors (Lipinski definition) is 2. The second kappa shape index (κ2) is 3.61. The van der Waals surface area contributed by atoms with E-state index in [0.717, 1.165) is 0 Å². The minimum Gasteiger partial charge on any atom is -0.481 e. The third-order valence-corrected chi connectivity index (χ3v) is 2.95. The fraction of sp³-hybridized carbons (Fsp3) is 0.556. The van der Waals surface area contributed by atoms with Gasteiger partial charge in [0.05, 0.1) is 11.3 Å². The molecule has 4 nitrogen and oxygen atoms in total. The molecule has 0 fully saturated rings. The molecule has 0 aromatic carbocycles. The first kappa shape index (κ1) is 11.0. The Morgan fingerprint density at radius 3 is 2.57 bits per heavy atom. The van der Waals surface area contributed by atoms with Gasteiger partial charge in [-0.1, -0.05) is 17.7 Å². The molecule has 0 aromatic heterocycles. The van der Waals surface area contributed by atoms with Gasteiger partial charge < -0.3 is 10.2 Å². The molecule has 0 unspecified atom stereocenters. The second-order valence-electron chi connectivity index (χ2n) is 3.68. The van der Waals surface area contributed by atoms with Crippen molar-refractivity contribution in [3.8, 4) is 0 Å². The van der Waals surface area contributed by atoms with Crippen LogP contribution in [0.3, 0.4) is 0 Å². The van der Waals surface area contributed by atoms with Crippen LogP contribution in [0.5, 0.6) is 0 Å². The van der Waals surface area contributed by atoms with Crippen LogP contribution in [0.2, 0.25) is 0 Å². The molecule has 0 radical (unpaired) electrons. The Labute approximate surface area is 86.2 Å². The largest absolute Gasteiger partial charge is 0.481 e. The van der Waals surface area contributed by atoms with E-state index in [1.807, 2.05) is 0 Å². The molecule has 2 N–H and O–H groups in total. The van der Waals surface area contributed by atoms with Gasteiger partial charge in [0.15, 0.2) is 0 Å². The van der Waals surface area contributed by atoms with Crippen molar-refractivity contribution in [2.24, 2.45) is 11.3 Å². The Balaban J connectivity index is 3.06. The van der Waals surface area contributed by atoms with Gasteiger partial charge in [-0.3, -0.25) is 9.59 Å². The Morgan fingerprint density at radius 2 is 2.14 bits per heavy atom. The number of aliphatic carboxylic acids is 2. The average molecular weight is 219 g/mol. The van der Waals surface area contributed by atoms with E-state index in [-0.39, 0.29) is 12.8 Å². The summed E-state index contributed by atoms with van der Waals surface area (Å²) >= 11 is 5.72. The summed E-state index contributed by atoms with van der Waals surface area (Å²) in [5.74, 6) is -3.10. The molecule has 0 spiro atoms. The van der Waals surface area contributed by atoms with Crippen molar-refractivity contribution in [1.29, 1.82) is 0 Å². The van der Waals surface area contributed by atoms with Gasteiger partial charge >= 0.3 is 11.9 Å². The maximum Gasteiger partial charge on any atom is 0.310 e. The number of rotatable bonds is 2. The molecule has 1 aliphatic carbocycles. The summed E-state index contributed by atoms with van der Waals surface area (Å²) in [6.45, 7) is 1.42. The van der Waals surface area contributed by atoms with Crippen LogP contribution in [0, 0.1) is 11.3 Å². The van der Waals surface area contributed by atoms with Crippen LogP contribution in [0.25, 0.3) is 0 Å². The summed E-state index contributed by atoms with van der Waals surface area (Å²) in [6.07, 6.45) is 1.84. The van der Waals surface area contributed by atoms with Crippen molar-refractivity contribution in [2.75, 3.05) is 0 Å². The molecule has 0 amide bonds. The molecule has 2 atom stereocenters. The topological polar surface area (TPSA) is 74.6 Å². The van der Waals surface area contributed by atoms with Crippen LogP contribution in [0.15, 0.2) is 11.1 Å². The van der Waals surface area contributed by atoms with Gasteiger partial charge in [-0.25, -0.2) is 0 Å². The first-order valence-corrected chi connectivity index (χ1v) is 4.56. The van der Waals surface area contributed by atoms with Crippen LogP contribution in [-0.2, 0) is 9.59 Å². The molecule has 0 bridgehead atoms. The summed E-state index contributed by atoms with van der Waals surface area (Å²) in [7, 11) is 0. The number of carboxylic acids is 2. The maximum absolute atomic E-state index is 11.0. The summed E-state index contributed by atoms with van der Waals surface area (Å²) in [5, 5.41) is 18.3. The molecule has 1 aliphatic rings. The average Bonchev–Trinajstić information content (AvgIpc) is 2.02. The van der Waals surface area contributed by atoms with E-state index in [1.165, 1.54) is 6.92 Å². The zero-order chi connectivity index (χ0) is 10.9. The standard InChI is InChI=1S/C9H11ClO4/c1-9(8(13)14)4-5(10)2-3-6(9)7(11)12/h2,6H,3-4H2,1H3,(H,11,12)(H,13,14)/t6-,9+/m1/s1. The fourth-order valence-electron chi connectivity index (χ4n) is 1.65. The van der Waals surface area contributed by atoms with Crippen molar-refractivity contribution >= 4 is 23.5 Å². The third-order valence-electron chi connectivity index (χ3n) is 2.67. The highest BCUT2D eigenvalue weighted by molar-refractivity contribution is 6.29. The number of carbonyl (C=O) groups is 2. The van der Waals surface area contributed by atoms with Gasteiger partial charge in [0.25, 0.3) is 0 Å². The van der Waals surface area contributed by atoms with Crippen molar-refractivity contribution in [3.63, 3.8) is 0 Å². The van der Waals surface area contributed by atoms with E-state index in [2.05, 4.69) is 0 Å². The quantitative estimate of drug-likeness (QED) is 0.740. The number of hydrogen-bond acceptors (Lipinski definition) is 2. The molecule has 0 aliphatic heterocycles. The minimum absolute atomic E-state index is 0.0842. The lowest BCUT2D eigenvalue weighted by Crippen LogP contribution is -2.41. The van der Waals surface area contributed by atoms with E-state index in [1.54, 1.807) is 6.08 Å². The van der Waals surface area contributed by atoms with Gasteiger partial charge in [0, 0.05) is 5.03 Å². The third kappa shape index (κ3) is 1.75. The Morgan fingerprint density at radius 1 is 1.57 bits per heavy atom. The smallest absolute Gasteiger partial charge is 0.310 e. The second-order valence-corrected chi connectivity index (χ2v) is 4.16. The lowest BCUT2D eigenvalue weighted by molar-refractivity contribution is -0.161. The number of halogens is 1. The van der Waals surface area contributed by atoms with Crippen LogP contribution < -0.4 is 0 Å². The zero-order valence-electron chi connectivity index (χ0n) is 7.66. The van der Waals surface area contributed by atoms with Crippen molar-refractivity contribution in [1.82, 2.24) is 0 Å². The van der Waals surface area contributed by atoms with Gasteiger partial charge in [-0.15, -0.1) is 0 Å². The molecule has 0 aromatic rings. The van der Waals surface area contributed by atoms with E-state index in [4.69, 9.17) is 21.8 Å². The summed E-state index contributed by atoms with van der Waals surface area (Å²) in [5.41, 5.74) is -1.29. The van der Waals surface area contributed by atoms with Crippen LogP contribution >= 0.6 is 11.6 Å². The molecule has 0 saturated heterocycles. The summed E-state index contributed by atoms with van der Waals surface area (Å²) in [4.78, 5) is 21.8. The van der Waals surface area contributed by atoms with E-state index < -0.39 is 23.3 Å². The monoisotopic (exact) mass is 218 g/mol. The molecule has 0 heterocycles. The first-order chi connectivity index (χ1) is 6.38. The maximum atomic E-state index is 11.0. The van der Waals surface area contributed by atoms with E-state index >= 15 is 0 Å². The van der Waals surface area contributed by atoms with Gasteiger partial charge in [-0.05, 0) is 19.8 Å². The lowest BCUT2D eigenvalue weighted by Gasteiger charge is -2.33. The Bertz CT molecular complexity index is 310. The predicted molar refractivity (Wildman–Crippen MR) is 50.0 cm³/mol. The van der Waals surface area contributed by atoms with Gasteiger partial charge in [0.2, 0.25) is 0 Å². The van der Waals surface area contributed by atoms with Crippen LogP contribution in [-0.4, -0.2) is 22.2 Å². The van der Waals surface area contributed by atoms with Crippen LogP contribution in [0.4, 0.5) is 0 Å². The molecular formula is C9H11ClO4. The van der Waals surface area contributed by atoms with Gasteiger partial charge in [-0.2, -0.15) is 0 Å². The van der Waals surface area contributed by atoms with Crippen LogP contribution in [0.1, 0.15) is 19.8 Å². The Hall–Kier alpha value is -1.03.